The van der Waals surface area contributed by atoms with Gasteiger partial charge in [-0.05, 0) is 62.4 Å². The first-order valence-electron chi connectivity index (χ1n) is 11.3. The van der Waals surface area contributed by atoms with Gasteiger partial charge in [0, 0.05) is 41.1 Å². The highest BCUT2D eigenvalue weighted by Gasteiger charge is 2.21. The van der Waals surface area contributed by atoms with Crippen LogP contribution in [0.5, 0.6) is 17.2 Å². The number of likely N-dealkylation sites (tertiary alicyclic amines) is 1. The highest BCUT2D eigenvalue weighted by Crippen LogP contribution is 2.35. The third kappa shape index (κ3) is 4.30. The lowest BCUT2D eigenvalue weighted by Gasteiger charge is -2.31. The van der Waals surface area contributed by atoms with Crippen LogP contribution >= 0.6 is 0 Å². The summed E-state index contributed by atoms with van der Waals surface area (Å²) < 4.78 is 27.1. The zero-order valence-corrected chi connectivity index (χ0v) is 19.1. The molecule has 1 aliphatic heterocycles. The maximum Gasteiger partial charge on any atom is 0.200 e. The number of ether oxygens (including phenoxy) is 2. The number of carbonyl (C=O) groups excluding carboxylic acids is 1. The van der Waals surface area contributed by atoms with Crippen molar-refractivity contribution in [1.29, 1.82) is 0 Å². The minimum Gasteiger partial charge on any atom is -0.493 e. The number of aromatic amines is 1. The number of nitrogens with one attached hydrogen (secondary N) is 1. The van der Waals surface area contributed by atoms with Crippen LogP contribution in [0.25, 0.3) is 21.8 Å². The highest BCUT2D eigenvalue weighted by molar-refractivity contribution is 6.56. The summed E-state index contributed by atoms with van der Waals surface area (Å²) in [5, 5.41) is 9.46. The van der Waals surface area contributed by atoms with E-state index >= 15 is 4.39 Å². The van der Waals surface area contributed by atoms with Crippen LogP contribution in [-0.2, 0) is 0 Å². The fraction of sp³-hybridized carbons (Fsp3) is 0.320. The number of aromatic nitrogens is 3. The van der Waals surface area contributed by atoms with Gasteiger partial charge in [-0.3, -0.25) is 4.79 Å². The summed E-state index contributed by atoms with van der Waals surface area (Å²) in [5.74, 6) is 0.813. The van der Waals surface area contributed by atoms with E-state index < -0.39 is 5.82 Å². The molecule has 0 bridgehead atoms. The molecule has 7 nitrogen and oxygen atoms in total. The Kier molecular flexibility index (Phi) is 5.85. The average molecular weight is 458 g/mol. The molecule has 1 aliphatic rings. The van der Waals surface area contributed by atoms with E-state index in [0.29, 0.717) is 48.0 Å². The Labute approximate surface area is 197 Å². The van der Waals surface area contributed by atoms with Gasteiger partial charge in [0.2, 0.25) is 7.85 Å². The van der Waals surface area contributed by atoms with Gasteiger partial charge >= 0.3 is 0 Å². The van der Waals surface area contributed by atoms with E-state index in [-0.39, 0.29) is 11.6 Å². The number of H-pyrrole nitrogens is 1. The van der Waals surface area contributed by atoms with Crippen molar-refractivity contribution in [3.8, 4) is 17.2 Å². The Morgan fingerprint density at radius 2 is 1.94 bits per heavy atom. The summed E-state index contributed by atoms with van der Waals surface area (Å²) in [6.45, 7) is 5.67. The second-order valence-electron chi connectivity index (χ2n) is 8.82. The van der Waals surface area contributed by atoms with Gasteiger partial charge in [-0.25, -0.2) is 4.39 Å². The Hall–Kier alpha value is -3.62. The van der Waals surface area contributed by atoms with Crippen molar-refractivity contribution in [2.45, 2.75) is 26.7 Å². The van der Waals surface area contributed by atoms with E-state index in [2.05, 4.69) is 15.2 Å². The van der Waals surface area contributed by atoms with Crippen molar-refractivity contribution in [3.63, 3.8) is 0 Å². The number of nitrogens with zero attached hydrogens (tertiary/aromatic N) is 3. The van der Waals surface area contributed by atoms with E-state index in [0.717, 1.165) is 35.0 Å². The average Bonchev–Trinajstić information content (AvgIpc) is 3.21. The minimum absolute atomic E-state index is 0.126. The Bertz CT molecular complexity index is 1380. The molecule has 3 heterocycles. The minimum atomic E-state index is -0.425. The van der Waals surface area contributed by atoms with Gasteiger partial charge in [-0.1, -0.05) is 0 Å². The van der Waals surface area contributed by atoms with Gasteiger partial charge in [0.1, 0.15) is 11.3 Å². The normalized spacial score (nSPS) is 14.6. The number of aryl methyl sites for hydroxylation is 2. The van der Waals surface area contributed by atoms with Crippen molar-refractivity contribution in [2.24, 2.45) is 5.92 Å². The van der Waals surface area contributed by atoms with Crippen molar-refractivity contribution in [1.82, 2.24) is 20.1 Å². The summed E-state index contributed by atoms with van der Waals surface area (Å²) in [6, 6.07) is 8.90. The van der Waals surface area contributed by atoms with Crippen LogP contribution in [0.15, 0.2) is 36.5 Å². The molecule has 1 N–H and O–H groups in total. The molecule has 0 atom stereocenters. The predicted octanol–water partition coefficient (Wildman–Crippen LogP) is 5.04. The molecule has 4 aromatic rings. The lowest BCUT2D eigenvalue weighted by Crippen LogP contribution is -2.39. The van der Waals surface area contributed by atoms with Gasteiger partial charge in [0.25, 0.3) is 0 Å². The van der Waals surface area contributed by atoms with E-state index in [4.69, 9.17) is 17.3 Å². The van der Waals surface area contributed by atoms with Crippen molar-refractivity contribution < 1.29 is 18.7 Å². The second-order valence-corrected chi connectivity index (χ2v) is 8.82. The van der Waals surface area contributed by atoms with Gasteiger partial charge in [0.05, 0.1) is 12.8 Å². The molecule has 0 aliphatic carbocycles. The van der Waals surface area contributed by atoms with Crippen LogP contribution in [-0.4, -0.2) is 53.4 Å². The molecule has 1 amide bonds. The maximum absolute atomic E-state index is 15.0. The number of hydrogen-bond acceptors (Lipinski definition) is 5. The number of benzene rings is 2. The van der Waals surface area contributed by atoms with E-state index in [1.54, 1.807) is 23.1 Å². The number of piperidine rings is 1. The van der Waals surface area contributed by atoms with Crippen LogP contribution in [0.1, 0.15) is 24.1 Å². The zero-order chi connectivity index (χ0) is 23.8. The second kappa shape index (κ2) is 8.97. The summed E-state index contributed by atoms with van der Waals surface area (Å²) in [7, 11) is 5.36. The molecular formula is C25H24BFN4O3. The standard InChI is InChI=1S/C25H24BFN4O3/c1-14-9-17-20(11-22(14)33-13-16-5-7-31(8-6-16)25(26)32)30-28-12-23(17)34-21-4-3-19-18(24(21)27)10-15(2)29-19/h3-4,9-12,16,29H,5-8,13H2,1-2H3. The zero-order valence-electron chi connectivity index (χ0n) is 19.1. The summed E-state index contributed by atoms with van der Waals surface area (Å²) in [5.41, 5.74) is 3.11. The van der Waals surface area contributed by atoms with Gasteiger partial charge < -0.3 is 19.4 Å². The molecule has 9 heteroatoms. The first-order chi connectivity index (χ1) is 16.4. The number of hydrogen-bond donors (Lipinski definition) is 1. The topological polar surface area (TPSA) is 80.3 Å². The highest BCUT2D eigenvalue weighted by atomic mass is 19.1. The van der Waals surface area contributed by atoms with Crippen molar-refractivity contribution >= 4 is 35.5 Å². The molecule has 5 rings (SSSR count). The molecule has 34 heavy (non-hydrogen) atoms. The van der Waals surface area contributed by atoms with E-state index in [1.165, 1.54) is 6.20 Å². The molecule has 0 unspecified atom stereocenters. The molecule has 172 valence electrons. The van der Waals surface area contributed by atoms with Crippen molar-refractivity contribution in [2.75, 3.05) is 19.7 Å². The van der Waals surface area contributed by atoms with Crippen LogP contribution in [0.4, 0.5) is 9.18 Å². The van der Waals surface area contributed by atoms with Crippen LogP contribution in [0.2, 0.25) is 0 Å². The SMILES string of the molecule is [B]C(=O)N1CCC(COc2cc3nncc(Oc4ccc5[nH]c(C)cc5c4F)c3cc2C)CC1. The molecule has 1 fully saturated rings. The van der Waals surface area contributed by atoms with Gasteiger partial charge in [-0.15, -0.1) is 0 Å². The van der Waals surface area contributed by atoms with E-state index in [1.807, 2.05) is 26.0 Å². The van der Waals surface area contributed by atoms with Crippen molar-refractivity contribution in [3.05, 3.63) is 53.6 Å². The number of halogens is 1. The number of rotatable bonds is 5. The first-order valence-corrected chi connectivity index (χ1v) is 11.3. The van der Waals surface area contributed by atoms with Crippen LogP contribution < -0.4 is 9.47 Å². The smallest absolute Gasteiger partial charge is 0.200 e. The maximum atomic E-state index is 15.0. The largest absolute Gasteiger partial charge is 0.493 e. The molecule has 0 spiro atoms. The third-order valence-corrected chi connectivity index (χ3v) is 6.36. The van der Waals surface area contributed by atoms with Gasteiger partial charge in [-0.2, -0.15) is 10.2 Å². The Morgan fingerprint density at radius 3 is 2.71 bits per heavy atom. The lowest BCUT2D eigenvalue weighted by molar-refractivity contribution is 0.157. The lowest BCUT2D eigenvalue weighted by atomic mass is 9.95. The van der Waals surface area contributed by atoms with Gasteiger partial charge in [0.15, 0.2) is 23.1 Å². The fourth-order valence-corrected chi connectivity index (χ4v) is 4.42. The van der Waals surface area contributed by atoms with Crippen LogP contribution in [0, 0.1) is 25.6 Å². The third-order valence-electron chi connectivity index (χ3n) is 6.36. The summed E-state index contributed by atoms with van der Waals surface area (Å²) >= 11 is 0. The molecular weight excluding hydrogens is 434 g/mol. The number of amides is 1. The molecule has 0 saturated carbocycles. The number of fused-ring (bicyclic) bond motifs is 2. The Morgan fingerprint density at radius 1 is 1.15 bits per heavy atom. The predicted molar refractivity (Wildman–Crippen MR) is 128 cm³/mol. The molecule has 2 radical (unpaired) electrons. The summed E-state index contributed by atoms with van der Waals surface area (Å²) in [4.78, 5) is 16.1. The fourth-order valence-electron chi connectivity index (χ4n) is 4.42. The molecule has 1 saturated heterocycles. The monoisotopic (exact) mass is 458 g/mol. The summed E-state index contributed by atoms with van der Waals surface area (Å²) in [6.07, 6.45) is 3.19. The first kappa shape index (κ1) is 22.2. The molecule has 2 aromatic carbocycles. The quantitative estimate of drug-likeness (QED) is 0.424. The molecule has 2 aromatic heterocycles. The van der Waals surface area contributed by atoms with Crippen LogP contribution in [0.3, 0.4) is 0 Å². The number of carbonyl (C=O) groups is 1. The Balaban J connectivity index is 1.35. The van der Waals surface area contributed by atoms with E-state index in [9.17, 15) is 4.79 Å².